The van der Waals surface area contributed by atoms with Crippen molar-refractivity contribution in [3.63, 3.8) is 0 Å². The number of pyridine rings is 1. The first-order valence-electron chi connectivity index (χ1n) is 10.6. The Balaban J connectivity index is 1.48. The normalized spacial score (nSPS) is 11.4. The van der Waals surface area contributed by atoms with E-state index in [9.17, 15) is 22.8 Å². The molecule has 0 aliphatic heterocycles. The van der Waals surface area contributed by atoms with Crippen molar-refractivity contribution in [2.45, 2.75) is 19.6 Å². The van der Waals surface area contributed by atoms with Gasteiger partial charge in [0.15, 0.2) is 0 Å². The number of nitrogens with zero attached hydrogens (tertiary/aromatic N) is 1. The van der Waals surface area contributed by atoms with Gasteiger partial charge in [-0.25, -0.2) is 9.78 Å². The smallest absolute Gasteiger partial charge is 0.417 e. The first-order chi connectivity index (χ1) is 17.0. The number of alkyl halides is 3. The summed E-state index contributed by atoms with van der Waals surface area (Å²) in [4.78, 5) is 31.5. The SMILES string of the molecule is COC(=O)c1cc2cc(NCc3cc(NC(=O)c4ccc(Cl)c(C(F)(F)F)c4)ccc3C)cnc2[nH]1. The molecule has 0 aliphatic carbocycles. The van der Waals surface area contributed by atoms with Crippen LogP contribution in [0.3, 0.4) is 0 Å². The molecule has 11 heteroatoms. The van der Waals surface area contributed by atoms with E-state index in [1.165, 1.54) is 13.2 Å². The fourth-order valence-electron chi connectivity index (χ4n) is 3.56. The van der Waals surface area contributed by atoms with Gasteiger partial charge in [0.25, 0.3) is 5.91 Å². The van der Waals surface area contributed by atoms with E-state index in [0.29, 0.717) is 29.3 Å². The van der Waals surface area contributed by atoms with E-state index >= 15 is 0 Å². The van der Waals surface area contributed by atoms with E-state index in [4.69, 9.17) is 16.3 Å². The van der Waals surface area contributed by atoms with Gasteiger partial charge < -0.3 is 20.4 Å². The van der Waals surface area contributed by atoms with Crippen LogP contribution in [-0.4, -0.2) is 29.0 Å². The van der Waals surface area contributed by atoms with Gasteiger partial charge in [-0.1, -0.05) is 17.7 Å². The minimum Gasteiger partial charge on any atom is -0.464 e. The molecule has 0 atom stereocenters. The van der Waals surface area contributed by atoms with E-state index in [-0.39, 0.29) is 5.56 Å². The predicted molar refractivity (Wildman–Crippen MR) is 130 cm³/mol. The fraction of sp³-hybridized carbons (Fsp3) is 0.160. The van der Waals surface area contributed by atoms with Crippen molar-refractivity contribution in [1.29, 1.82) is 0 Å². The first-order valence-corrected chi connectivity index (χ1v) is 11.0. The molecule has 3 N–H and O–H groups in total. The Hall–Kier alpha value is -4.05. The molecule has 2 aromatic heterocycles. The minimum atomic E-state index is -4.67. The first kappa shape index (κ1) is 25.1. The molecule has 2 aromatic carbocycles. The number of rotatable bonds is 6. The summed E-state index contributed by atoms with van der Waals surface area (Å²) in [6, 6.07) is 11.7. The largest absolute Gasteiger partial charge is 0.464 e. The van der Waals surface area contributed by atoms with Crippen LogP contribution in [0, 0.1) is 6.92 Å². The highest BCUT2D eigenvalue weighted by atomic mass is 35.5. The third kappa shape index (κ3) is 5.44. The van der Waals surface area contributed by atoms with Gasteiger partial charge >= 0.3 is 12.1 Å². The Morgan fingerprint density at radius 1 is 1.08 bits per heavy atom. The summed E-state index contributed by atoms with van der Waals surface area (Å²) < 4.78 is 44.1. The maximum Gasteiger partial charge on any atom is 0.417 e. The predicted octanol–water partition coefficient (Wildman–Crippen LogP) is 6.19. The molecule has 4 aromatic rings. The second-order valence-corrected chi connectivity index (χ2v) is 8.38. The maximum absolute atomic E-state index is 13.1. The van der Waals surface area contributed by atoms with Crippen molar-refractivity contribution < 1.29 is 27.5 Å². The number of fused-ring (bicyclic) bond motifs is 1. The number of carbonyl (C=O) groups is 2. The Morgan fingerprint density at radius 3 is 2.58 bits per heavy atom. The van der Waals surface area contributed by atoms with Crippen LogP contribution in [0.25, 0.3) is 11.0 Å². The lowest BCUT2D eigenvalue weighted by Gasteiger charge is -2.13. The summed E-state index contributed by atoms with van der Waals surface area (Å²) in [6.45, 7) is 2.28. The van der Waals surface area contributed by atoms with Crippen LogP contribution in [-0.2, 0) is 17.5 Å². The van der Waals surface area contributed by atoms with Gasteiger partial charge in [-0.3, -0.25) is 4.79 Å². The quantitative estimate of drug-likeness (QED) is 0.265. The number of amides is 1. The number of H-pyrrole nitrogens is 1. The number of methoxy groups -OCH3 is 1. The highest BCUT2D eigenvalue weighted by Gasteiger charge is 2.33. The molecule has 0 saturated heterocycles. The number of nitrogens with one attached hydrogen (secondary N) is 3. The standard InChI is InChI=1S/C25H20ClF3N4O3/c1-13-3-5-17(32-23(34)14-4-6-20(26)19(9-14)25(27,28)29)8-16(13)11-30-18-7-15-10-21(24(35)36-2)33-22(15)31-12-18/h3-10,12,30H,11H2,1-2H3,(H,31,33)(H,32,34). The summed E-state index contributed by atoms with van der Waals surface area (Å²) in [6.07, 6.45) is -3.06. The zero-order valence-corrected chi connectivity index (χ0v) is 19.8. The average Bonchev–Trinajstić information content (AvgIpc) is 3.27. The van der Waals surface area contributed by atoms with E-state index in [0.717, 1.165) is 28.6 Å². The number of aromatic amines is 1. The molecule has 0 radical (unpaired) electrons. The maximum atomic E-state index is 13.1. The van der Waals surface area contributed by atoms with Crippen LogP contribution in [0.15, 0.2) is 54.7 Å². The fourth-order valence-corrected chi connectivity index (χ4v) is 3.78. The Bertz CT molecular complexity index is 1470. The van der Waals surface area contributed by atoms with Crippen LogP contribution >= 0.6 is 11.6 Å². The molecular weight excluding hydrogens is 497 g/mol. The summed E-state index contributed by atoms with van der Waals surface area (Å²) in [5, 5.41) is 6.12. The second kappa shape index (κ2) is 9.90. The van der Waals surface area contributed by atoms with Crippen molar-refractivity contribution in [1.82, 2.24) is 9.97 Å². The Morgan fingerprint density at radius 2 is 1.86 bits per heavy atom. The number of esters is 1. The van der Waals surface area contributed by atoms with Crippen LogP contribution in [0.4, 0.5) is 24.5 Å². The van der Waals surface area contributed by atoms with Crippen LogP contribution in [0.1, 0.15) is 37.5 Å². The molecule has 0 aliphatic rings. The lowest BCUT2D eigenvalue weighted by Crippen LogP contribution is -2.15. The Labute approximate surface area is 208 Å². The number of carbonyl (C=O) groups excluding carboxylic acids is 2. The molecule has 36 heavy (non-hydrogen) atoms. The van der Waals surface area contributed by atoms with Crippen LogP contribution in [0.2, 0.25) is 5.02 Å². The number of halogens is 4. The molecule has 0 bridgehead atoms. The van der Waals surface area contributed by atoms with Crippen molar-refractivity contribution >= 4 is 45.9 Å². The lowest BCUT2D eigenvalue weighted by atomic mass is 10.1. The molecule has 186 valence electrons. The molecule has 2 heterocycles. The molecule has 0 spiro atoms. The zero-order valence-electron chi connectivity index (χ0n) is 19.1. The van der Waals surface area contributed by atoms with Crippen LogP contribution in [0.5, 0.6) is 0 Å². The molecule has 0 unspecified atom stereocenters. The molecular formula is C25H20ClF3N4O3. The monoisotopic (exact) mass is 516 g/mol. The molecule has 0 fully saturated rings. The van der Waals surface area contributed by atoms with E-state index in [1.54, 1.807) is 30.5 Å². The average molecular weight is 517 g/mol. The number of aryl methyl sites for hydroxylation is 1. The third-order valence-electron chi connectivity index (χ3n) is 5.50. The van der Waals surface area contributed by atoms with E-state index in [1.807, 2.05) is 13.0 Å². The van der Waals surface area contributed by atoms with Gasteiger partial charge in [-0.2, -0.15) is 13.2 Å². The third-order valence-corrected chi connectivity index (χ3v) is 5.83. The van der Waals surface area contributed by atoms with Crippen molar-refractivity contribution in [3.8, 4) is 0 Å². The zero-order chi connectivity index (χ0) is 26.0. The van der Waals surface area contributed by atoms with Crippen LogP contribution < -0.4 is 10.6 Å². The van der Waals surface area contributed by atoms with Gasteiger partial charge in [0, 0.05) is 23.2 Å². The number of anilines is 2. The van der Waals surface area contributed by atoms with Gasteiger partial charge in [-0.05, 0) is 60.5 Å². The number of hydrogen-bond donors (Lipinski definition) is 3. The molecule has 1 amide bonds. The van der Waals surface area contributed by atoms with Gasteiger partial charge in [0.2, 0.25) is 0 Å². The number of aromatic nitrogens is 2. The van der Waals surface area contributed by atoms with Gasteiger partial charge in [-0.15, -0.1) is 0 Å². The molecule has 7 nitrogen and oxygen atoms in total. The second-order valence-electron chi connectivity index (χ2n) is 7.98. The van der Waals surface area contributed by atoms with Crippen molar-refractivity contribution in [2.24, 2.45) is 0 Å². The van der Waals surface area contributed by atoms with Gasteiger partial charge in [0.05, 0.1) is 29.6 Å². The summed E-state index contributed by atoms with van der Waals surface area (Å²) in [7, 11) is 1.29. The minimum absolute atomic E-state index is 0.163. The summed E-state index contributed by atoms with van der Waals surface area (Å²) >= 11 is 5.64. The lowest BCUT2D eigenvalue weighted by molar-refractivity contribution is -0.137. The molecule has 4 rings (SSSR count). The summed E-state index contributed by atoms with van der Waals surface area (Å²) in [5.74, 6) is -1.19. The summed E-state index contributed by atoms with van der Waals surface area (Å²) in [5.41, 5.74) is 2.51. The van der Waals surface area contributed by atoms with Crippen molar-refractivity contribution in [3.05, 3.63) is 87.7 Å². The highest BCUT2D eigenvalue weighted by molar-refractivity contribution is 6.31. The topological polar surface area (TPSA) is 96.1 Å². The Kier molecular flexibility index (Phi) is 6.89. The number of hydrogen-bond acceptors (Lipinski definition) is 5. The van der Waals surface area contributed by atoms with Crippen molar-refractivity contribution in [2.75, 3.05) is 17.7 Å². The van der Waals surface area contributed by atoms with Gasteiger partial charge in [0.1, 0.15) is 11.3 Å². The number of benzene rings is 2. The van der Waals surface area contributed by atoms with E-state index < -0.39 is 28.6 Å². The highest BCUT2D eigenvalue weighted by Crippen LogP contribution is 2.35. The number of ether oxygens (including phenoxy) is 1. The van der Waals surface area contributed by atoms with E-state index in [2.05, 4.69) is 20.6 Å². The molecule has 0 saturated carbocycles.